The molecule has 0 atom stereocenters. The van der Waals surface area contributed by atoms with Crippen LogP contribution in [-0.4, -0.2) is 29.4 Å². The third-order valence-electron chi connectivity index (χ3n) is 3.22. The minimum atomic E-state index is -0.893. The number of carboxylic acid groups (broad SMARTS) is 1. The van der Waals surface area contributed by atoms with Crippen LogP contribution in [0.2, 0.25) is 0 Å². The van der Waals surface area contributed by atoms with Crippen molar-refractivity contribution in [2.75, 3.05) is 11.9 Å². The largest absolute Gasteiger partial charge is 0.481 e. The molecule has 0 spiro atoms. The maximum absolute atomic E-state index is 11.9. The molecule has 1 aromatic carbocycles. The number of anilines is 1. The monoisotopic (exact) mass is 330 g/mol. The van der Waals surface area contributed by atoms with Gasteiger partial charge in [0.05, 0.1) is 0 Å². The lowest BCUT2D eigenvalue weighted by Crippen LogP contribution is -2.24. The molecule has 7 nitrogen and oxygen atoms in total. The maximum atomic E-state index is 11.9. The number of hydrogen-bond acceptors (Lipinski definition) is 4. The van der Waals surface area contributed by atoms with E-state index in [1.165, 1.54) is 0 Å². The second-order valence-electron chi connectivity index (χ2n) is 5.19. The summed E-state index contributed by atoms with van der Waals surface area (Å²) >= 11 is 0. The number of benzene rings is 1. The Hall–Kier alpha value is -3.09. The van der Waals surface area contributed by atoms with Crippen LogP contribution in [0.15, 0.2) is 40.8 Å². The molecule has 0 aliphatic rings. The summed E-state index contributed by atoms with van der Waals surface area (Å²) in [4.78, 5) is 34.2. The van der Waals surface area contributed by atoms with Gasteiger partial charge >= 0.3 is 5.97 Å². The van der Waals surface area contributed by atoms with E-state index >= 15 is 0 Å². The van der Waals surface area contributed by atoms with Crippen molar-refractivity contribution in [3.05, 3.63) is 53.5 Å². The van der Waals surface area contributed by atoms with E-state index in [1.54, 1.807) is 43.3 Å². The zero-order valence-electron chi connectivity index (χ0n) is 13.2. The van der Waals surface area contributed by atoms with Gasteiger partial charge < -0.3 is 20.2 Å². The van der Waals surface area contributed by atoms with Gasteiger partial charge in [-0.25, -0.2) is 0 Å². The molecule has 0 saturated carbocycles. The Bertz CT molecular complexity index is 734. The Kier molecular flexibility index (Phi) is 5.73. The van der Waals surface area contributed by atoms with Crippen LogP contribution in [-0.2, 0) is 4.79 Å². The first kappa shape index (κ1) is 17.3. The fourth-order valence-corrected chi connectivity index (χ4v) is 2.00. The van der Waals surface area contributed by atoms with Gasteiger partial charge in [-0.15, -0.1) is 0 Å². The Morgan fingerprint density at radius 3 is 2.33 bits per heavy atom. The number of hydrogen-bond donors (Lipinski definition) is 3. The molecule has 0 unspecified atom stereocenters. The number of aliphatic carboxylic acids is 1. The predicted molar refractivity (Wildman–Crippen MR) is 87.0 cm³/mol. The summed E-state index contributed by atoms with van der Waals surface area (Å²) in [5.74, 6) is -0.687. The molecule has 126 valence electrons. The first-order valence-corrected chi connectivity index (χ1v) is 7.43. The molecular weight excluding hydrogens is 312 g/mol. The minimum absolute atomic E-state index is 0.0114. The summed E-state index contributed by atoms with van der Waals surface area (Å²) in [5.41, 5.74) is 0.966. The molecule has 1 heterocycles. The number of rotatable bonds is 7. The number of nitrogens with one attached hydrogen (secondary N) is 2. The predicted octanol–water partition coefficient (Wildman–Crippen LogP) is 2.43. The van der Waals surface area contributed by atoms with Crippen molar-refractivity contribution in [2.45, 2.75) is 19.8 Å². The van der Waals surface area contributed by atoms with Gasteiger partial charge in [-0.2, -0.15) is 0 Å². The molecule has 2 amide bonds. The quantitative estimate of drug-likeness (QED) is 0.676. The van der Waals surface area contributed by atoms with Gasteiger partial charge in [0, 0.05) is 24.2 Å². The van der Waals surface area contributed by atoms with Crippen LogP contribution in [0.5, 0.6) is 0 Å². The van der Waals surface area contributed by atoms with E-state index in [0.717, 1.165) is 0 Å². The highest BCUT2D eigenvalue weighted by atomic mass is 16.4. The smallest absolute Gasteiger partial charge is 0.303 e. The van der Waals surface area contributed by atoms with E-state index in [2.05, 4.69) is 10.6 Å². The molecule has 0 bridgehead atoms. The van der Waals surface area contributed by atoms with E-state index in [-0.39, 0.29) is 24.0 Å². The van der Waals surface area contributed by atoms with Crippen LogP contribution in [0.25, 0.3) is 0 Å². The lowest BCUT2D eigenvalue weighted by Gasteiger charge is -2.06. The molecule has 0 aliphatic carbocycles. The molecule has 7 heteroatoms. The summed E-state index contributed by atoms with van der Waals surface area (Å²) in [7, 11) is 0. The fourth-order valence-electron chi connectivity index (χ4n) is 2.00. The maximum Gasteiger partial charge on any atom is 0.303 e. The SMILES string of the molecule is Cc1ccc(C(=O)Nc2ccc(C(=O)NCCCC(=O)O)cc2)o1. The number of carbonyl (C=O) groups excluding carboxylic acids is 2. The van der Waals surface area contributed by atoms with Crippen LogP contribution in [0, 0.1) is 6.92 Å². The summed E-state index contributed by atoms with van der Waals surface area (Å²) in [6.45, 7) is 2.04. The summed E-state index contributed by atoms with van der Waals surface area (Å²) in [6.07, 6.45) is 0.384. The Morgan fingerprint density at radius 2 is 1.75 bits per heavy atom. The van der Waals surface area contributed by atoms with Gasteiger partial charge in [0.2, 0.25) is 0 Å². The van der Waals surface area contributed by atoms with E-state index in [0.29, 0.717) is 30.0 Å². The Morgan fingerprint density at radius 1 is 1.04 bits per heavy atom. The second kappa shape index (κ2) is 7.96. The van der Waals surface area contributed by atoms with E-state index in [4.69, 9.17) is 9.52 Å². The lowest BCUT2D eigenvalue weighted by atomic mass is 10.2. The van der Waals surface area contributed by atoms with Crippen molar-refractivity contribution in [1.82, 2.24) is 5.32 Å². The molecular formula is C17H18N2O5. The third kappa shape index (κ3) is 4.98. The average molecular weight is 330 g/mol. The molecule has 2 aromatic rings. The number of aryl methyl sites for hydroxylation is 1. The van der Waals surface area contributed by atoms with Crippen LogP contribution in [0.3, 0.4) is 0 Å². The standard InChI is InChI=1S/C17H18N2O5/c1-11-4-9-14(24-11)17(23)19-13-7-5-12(6-8-13)16(22)18-10-2-3-15(20)21/h4-9H,2-3,10H2,1H3,(H,18,22)(H,19,23)(H,20,21). The highest BCUT2D eigenvalue weighted by molar-refractivity contribution is 6.02. The number of furan rings is 1. The molecule has 0 saturated heterocycles. The van der Waals surface area contributed by atoms with Crippen LogP contribution in [0.4, 0.5) is 5.69 Å². The molecule has 2 rings (SSSR count). The molecule has 0 fully saturated rings. The van der Waals surface area contributed by atoms with E-state index in [9.17, 15) is 14.4 Å². The van der Waals surface area contributed by atoms with Crippen LogP contribution >= 0.6 is 0 Å². The van der Waals surface area contributed by atoms with Gasteiger partial charge in [0.25, 0.3) is 11.8 Å². The normalized spacial score (nSPS) is 10.2. The second-order valence-corrected chi connectivity index (χ2v) is 5.19. The van der Waals surface area contributed by atoms with Gasteiger partial charge in [-0.1, -0.05) is 0 Å². The van der Waals surface area contributed by atoms with Crippen LogP contribution < -0.4 is 10.6 Å². The lowest BCUT2D eigenvalue weighted by molar-refractivity contribution is -0.137. The summed E-state index contributed by atoms with van der Waals surface area (Å²) < 4.78 is 5.23. The molecule has 24 heavy (non-hydrogen) atoms. The highest BCUT2D eigenvalue weighted by Gasteiger charge is 2.11. The minimum Gasteiger partial charge on any atom is -0.481 e. The Labute approximate surface area is 138 Å². The molecule has 0 aliphatic heterocycles. The molecule has 3 N–H and O–H groups in total. The van der Waals surface area contributed by atoms with Gasteiger partial charge in [0.1, 0.15) is 5.76 Å². The van der Waals surface area contributed by atoms with Crippen LogP contribution in [0.1, 0.15) is 39.5 Å². The van der Waals surface area contributed by atoms with Crippen molar-refractivity contribution in [3.8, 4) is 0 Å². The van der Waals surface area contributed by atoms with E-state index < -0.39 is 5.97 Å². The molecule has 0 radical (unpaired) electrons. The molecule has 1 aromatic heterocycles. The van der Waals surface area contributed by atoms with Crippen molar-refractivity contribution in [3.63, 3.8) is 0 Å². The fraction of sp³-hybridized carbons (Fsp3) is 0.235. The highest BCUT2D eigenvalue weighted by Crippen LogP contribution is 2.13. The summed E-state index contributed by atoms with van der Waals surface area (Å²) in [5, 5.41) is 13.8. The first-order valence-electron chi connectivity index (χ1n) is 7.43. The van der Waals surface area contributed by atoms with Gasteiger partial charge in [0.15, 0.2) is 5.76 Å². The number of carbonyl (C=O) groups is 3. The third-order valence-corrected chi connectivity index (χ3v) is 3.22. The topological polar surface area (TPSA) is 109 Å². The van der Waals surface area contributed by atoms with Crippen molar-refractivity contribution >= 4 is 23.5 Å². The van der Waals surface area contributed by atoms with Gasteiger partial charge in [-0.3, -0.25) is 14.4 Å². The van der Waals surface area contributed by atoms with Crippen molar-refractivity contribution in [2.24, 2.45) is 0 Å². The van der Waals surface area contributed by atoms with Gasteiger partial charge in [-0.05, 0) is 49.7 Å². The first-order chi connectivity index (χ1) is 11.5. The Balaban J connectivity index is 1.87. The average Bonchev–Trinajstić information content (AvgIpc) is 2.98. The zero-order valence-corrected chi connectivity index (χ0v) is 13.2. The zero-order chi connectivity index (χ0) is 17.5. The summed E-state index contributed by atoms with van der Waals surface area (Å²) in [6, 6.07) is 9.67. The number of carboxylic acids is 1. The van der Waals surface area contributed by atoms with Crippen molar-refractivity contribution in [1.29, 1.82) is 0 Å². The van der Waals surface area contributed by atoms with E-state index in [1.807, 2.05) is 0 Å². The number of amides is 2. The van der Waals surface area contributed by atoms with Crippen molar-refractivity contribution < 1.29 is 23.9 Å².